The second-order valence-corrected chi connectivity index (χ2v) is 4.86. The molecule has 0 fully saturated rings. The van der Waals surface area contributed by atoms with Gasteiger partial charge in [0.05, 0.1) is 12.7 Å². The number of rotatable bonds is 3. The average molecular weight is 268 g/mol. The Kier molecular flexibility index (Phi) is 3.42. The molecule has 0 aromatic heterocycles. The second kappa shape index (κ2) is 5.37. The first-order valence-corrected chi connectivity index (χ1v) is 6.71. The van der Waals surface area contributed by atoms with Gasteiger partial charge in [-0.3, -0.25) is 0 Å². The number of carbonyl (C=O) groups excluding carboxylic acids is 1. The summed E-state index contributed by atoms with van der Waals surface area (Å²) in [5, 5.41) is 0. The van der Waals surface area contributed by atoms with Gasteiger partial charge in [-0.05, 0) is 42.2 Å². The van der Waals surface area contributed by atoms with Crippen LogP contribution in [0.2, 0.25) is 0 Å². The number of methoxy groups -OCH3 is 1. The van der Waals surface area contributed by atoms with E-state index in [1.807, 2.05) is 18.2 Å². The van der Waals surface area contributed by atoms with E-state index in [0.717, 1.165) is 12.8 Å². The molecule has 1 unspecified atom stereocenters. The van der Waals surface area contributed by atoms with Gasteiger partial charge in [-0.15, -0.1) is 0 Å². The summed E-state index contributed by atoms with van der Waals surface area (Å²) in [6, 6.07) is 15.5. The Morgan fingerprint density at radius 1 is 1.15 bits per heavy atom. The standard InChI is InChI=1S/C17H16O3/c1-19-17(18)13-6-4-7-14(11-13)20-16-10-9-12-5-2-3-8-15(12)16/h2-8,11,16H,9-10H2,1H3. The molecule has 0 heterocycles. The van der Waals surface area contributed by atoms with Gasteiger partial charge in [0.2, 0.25) is 0 Å². The van der Waals surface area contributed by atoms with Crippen molar-refractivity contribution < 1.29 is 14.3 Å². The Morgan fingerprint density at radius 3 is 2.85 bits per heavy atom. The van der Waals surface area contributed by atoms with E-state index >= 15 is 0 Å². The van der Waals surface area contributed by atoms with Gasteiger partial charge in [0, 0.05) is 0 Å². The van der Waals surface area contributed by atoms with Crippen LogP contribution in [-0.2, 0) is 11.2 Å². The van der Waals surface area contributed by atoms with Crippen molar-refractivity contribution in [2.45, 2.75) is 18.9 Å². The highest BCUT2D eigenvalue weighted by atomic mass is 16.5. The number of fused-ring (bicyclic) bond motifs is 1. The first-order valence-electron chi connectivity index (χ1n) is 6.71. The van der Waals surface area contributed by atoms with Crippen molar-refractivity contribution in [3.63, 3.8) is 0 Å². The minimum Gasteiger partial charge on any atom is -0.486 e. The molecule has 2 aromatic carbocycles. The number of hydrogen-bond donors (Lipinski definition) is 0. The van der Waals surface area contributed by atoms with Gasteiger partial charge in [0.15, 0.2) is 0 Å². The molecule has 1 aliphatic carbocycles. The van der Waals surface area contributed by atoms with Crippen molar-refractivity contribution in [1.82, 2.24) is 0 Å². The number of esters is 1. The molecule has 0 aliphatic heterocycles. The molecular formula is C17H16O3. The normalized spacial score (nSPS) is 16.6. The Bertz CT molecular complexity index is 634. The van der Waals surface area contributed by atoms with Gasteiger partial charge < -0.3 is 9.47 Å². The predicted octanol–water partition coefficient (Wildman–Crippen LogP) is 3.54. The third-order valence-corrected chi connectivity index (χ3v) is 3.61. The van der Waals surface area contributed by atoms with Crippen LogP contribution in [0.25, 0.3) is 0 Å². The molecule has 1 aliphatic rings. The van der Waals surface area contributed by atoms with Crippen molar-refractivity contribution >= 4 is 5.97 Å². The number of hydrogen-bond acceptors (Lipinski definition) is 3. The summed E-state index contributed by atoms with van der Waals surface area (Å²) in [5.74, 6) is 0.358. The van der Waals surface area contributed by atoms with Crippen LogP contribution >= 0.6 is 0 Å². The Morgan fingerprint density at radius 2 is 2.00 bits per heavy atom. The van der Waals surface area contributed by atoms with Crippen LogP contribution in [0.15, 0.2) is 48.5 Å². The van der Waals surface area contributed by atoms with Crippen molar-refractivity contribution in [2.24, 2.45) is 0 Å². The van der Waals surface area contributed by atoms with Gasteiger partial charge in [0.1, 0.15) is 11.9 Å². The van der Waals surface area contributed by atoms with Crippen LogP contribution < -0.4 is 4.74 Å². The summed E-state index contributed by atoms with van der Waals surface area (Å²) >= 11 is 0. The first kappa shape index (κ1) is 12.7. The highest BCUT2D eigenvalue weighted by Crippen LogP contribution is 2.34. The quantitative estimate of drug-likeness (QED) is 0.799. The van der Waals surface area contributed by atoms with E-state index in [-0.39, 0.29) is 12.1 Å². The van der Waals surface area contributed by atoms with Crippen LogP contribution in [0.3, 0.4) is 0 Å². The fourth-order valence-corrected chi connectivity index (χ4v) is 2.62. The summed E-state index contributed by atoms with van der Waals surface area (Å²) < 4.78 is 10.8. The van der Waals surface area contributed by atoms with Gasteiger partial charge in [-0.25, -0.2) is 4.79 Å². The lowest BCUT2D eigenvalue weighted by molar-refractivity contribution is 0.0600. The average Bonchev–Trinajstić information content (AvgIpc) is 2.90. The zero-order chi connectivity index (χ0) is 13.9. The lowest BCUT2D eigenvalue weighted by Gasteiger charge is -2.15. The molecule has 1 atom stereocenters. The number of aryl methyl sites for hydroxylation is 1. The Hall–Kier alpha value is -2.29. The monoisotopic (exact) mass is 268 g/mol. The number of ether oxygens (including phenoxy) is 2. The maximum Gasteiger partial charge on any atom is 0.337 e. The molecule has 3 rings (SSSR count). The highest BCUT2D eigenvalue weighted by Gasteiger charge is 2.23. The zero-order valence-electron chi connectivity index (χ0n) is 11.3. The van der Waals surface area contributed by atoms with Gasteiger partial charge >= 0.3 is 5.97 Å². The molecule has 102 valence electrons. The molecule has 0 amide bonds. The molecule has 0 bridgehead atoms. The maximum atomic E-state index is 11.5. The van der Waals surface area contributed by atoms with Crippen molar-refractivity contribution in [3.05, 3.63) is 65.2 Å². The number of benzene rings is 2. The lowest BCUT2D eigenvalue weighted by Crippen LogP contribution is -2.05. The van der Waals surface area contributed by atoms with Crippen LogP contribution in [0, 0.1) is 0 Å². The minimum atomic E-state index is -0.345. The molecular weight excluding hydrogens is 252 g/mol. The fourth-order valence-electron chi connectivity index (χ4n) is 2.62. The van der Waals surface area contributed by atoms with Crippen molar-refractivity contribution in [1.29, 1.82) is 0 Å². The third kappa shape index (κ3) is 2.39. The fraction of sp³-hybridized carbons (Fsp3) is 0.235. The van der Waals surface area contributed by atoms with Crippen LogP contribution in [0.1, 0.15) is 34.0 Å². The van der Waals surface area contributed by atoms with Crippen LogP contribution in [0.5, 0.6) is 5.75 Å². The molecule has 0 radical (unpaired) electrons. The van der Waals surface area contributed by atoms with E-state index in [4.69, 9.17) is 9.47 Å². The summed E-state index contributed by atoms with van der Waals surface area (Å²) in [5.41, 5.74) is 3.11. The van der Waals surface area contributed by atoms with Crippen LogP contribution in [-0.4, -0.2) is 13.1 Å². The molecule has 20 heavy (non-hydrogen) atoms. The summed E-state index contributed by atoms with van der Waals surface area (Å²) in [4.78, 5) is 11.5. The molecule has 0 N–H and O–H groups in total. The van der Waals surface area contributed by atoms with E-state index in [2.05, 4.69) is 18.2 Å². The lowest BCUT2D eigenvalue weighted by atomic mass is 10.1. The maximum absolute atomic E-state index is 11.5. The third-order valence-electron chi connectivity index (χ3n) is 3.61. The zero-order valence-corrected chi connectivity index (χ0v) is 11.3. The highest BCUT2D eigenvalue weighted by molar-refractivity contribution is 5.89. The smallest absolute Gasteiger partial charge is 0.337 e. The van der Waals surface area contributed by atoms with Gasteiger partial charge in [-0.2, -0.15) is 0 Å². The van der Waals surface area contributed by atoms with Gasteiger partial charge in [-0.1, -0.05) is 30.3 Å². The Labute approximate surface area is 118 Å². The molecule has 2 aromatic rings. The molecule has 0 saturated carbocycles. The summed E-state index contributed by atoms with van der Waals surface area (Å²) in [6.07, 6.45) is 2.08. The largest absolute Gasteiger partial charge is 0.486 e. The predicted molar refractivity (Wildman–Crippen MR) is 75.9 cm³/mol. The first-order chi connectivity index (χ1) is 9.78. The number of carbonyl (C=O) groups is 1. The molecule has 3 heteroatoms. The Balaban J connectivity index is 1.81. The SMILES string of the molecule is COC(=O)c1cccc(OC2CCc3ccccc32)c1. The molecule has 3 nitrogen and oxygen atoms in total. The van der Waals surface area contributed by atoms with E-state index in [1.165, 1.54) is 18.2 Å². The minimum absolute atomic E-state index is 0.0686. The van der Waals surface area contributed by atoms with E-state index in [1.54, 1.807) is 12.1 Å². The van der Waals surface area contributed by atoms with Gasteiger partial charge in [0.25, 0.3) is 0 Å². The topological polar surface area (TPSA) is 35.5 Å². The van der Waals surface area contributed by atoms with Crippen LogP contribution in [0.4, 0.5) is 0 Å². The van der Waals surface area contributed by atoms with E-state index in [0.29, 0.717) is 11.3 Å². The molecule has 0 spiro atoms. The molecule has 0 saturated heterocycles. The second-order valence-electron chi connectivity index (χ2n) is 4.86. The van der Waals surface area contributed by atoms with E-state index in [9.17, 15) is 4.79 Å². The van der Waals surface area contributed by atoms with E-state index < -0.39 is 0 Å². The summed E-state index contributed by atoms with van der Waals surface area (Å²) in [7, 11) is 1.38. The van der Waals surface area contributed by atoms with Crippen molar-refractivity contribution in [3.8, 4) is 5.75 Å². The summed E-state index contributed by atoms with van der Waals surface area (Å²) in [6.45, 7) is 0. The van der Waals surface area contributed by atoms with Crippen molar-refractivity contribution in [2.75, 3.05) is 7.11 Å².